The Morgan fingerprint density at radius 2 is 1.61 bits per heavy atom. The SMILES string of the molecule is Cc1ccc(CNC(=O)CN2CCN(Cc3ccc4c(c3)OCO4)CC2)cc1. The van der Waals surface area contributed by atoms with E-state index in [1.807, 2.05) is 6.07 Å². The first kappa shape index (κ1) is 18.8. The van der Waals surface area contributed by atoms with Gasteiger partial charge in [0.2, 0.25) is 12.7 Å². The van der Waals surface area contributed by atoms with Crippen molar-refractivity contribution in [2.45, 2.75) is 20.0 Å². The van der Waals surface area contributed by atoms with Crippen LogP contribution in [0.15, 0.2) is 42.5 Å². The molecule has 2 aromatic carbocycles. The van der Waals surface area contributed by atoms with Gasteiger partial charge in [-0.3, -0.25) is 14.6 Å². The molecule has 1 fully saturated rings. The molecule has 6 nitrogen and oxygen atoms in total. The molecule has 0 saturated carbocycles. The molecule has 2 aromatic rings. The number of amides is 1. The van der Waals surface area contributed by atoms with E-state index >= 15 is 0 Å². The van der Waals surface area contributed by atoms with E-state index in [1.54, 1.807) is 0 Å². The van der Waals surface area contributed by atoms with Crippen LogP contribution < -0.4 is 14.8 Å². The minimum atomic E-state index is 0.0878. The van der Waals surface area contributed by atoms with Gasteiger partial charge in [-0.15, -0.1) is 0 Å². The fourth-order valence-electron chi connectivity index (χ4n) is 3.57. The van der Waals surface area contributed by atoms with Crippen LogP contribution in [-0.4, -0.2) is 55.2 Å². The first-order chi connectivity index (χ1) is 13.7. The van der Waals surface area contributed by atoms with Crippen LogP contribution in [0.4, 0.5) is 0 Å². The number of rotatable bonds is 6. The van der Waals surface area contributed by atoms with Crippen LogP contribution in [0.1, 0.15) is 16.7 Å². The summed E-state index contributed by atoms with van der Waals surface area (Å²) in [5.41, 5.74) is 3.59. The van der Waals surface area contributed by atoms with Gasteiger partial charge in [0.15, 0.2) is 11.5 Å². The first-order valence-electron chi connectivity index (χ1n) is 9.81. The highest BCUT2D eigenvalue weighted by Crippen LogP contribution is 2.32. The van der Waals surface area contributed by atoms with Crippen molar-refractivity contribution < 1.29 is 14.3 Å². The summed E-state index contributed by atoms with van der Waals surface area (Å²) < 4.78 is 10.8. The molecule has 6 heteroatoms. The lowest BCUT2D eigenvalue weighted by Crippen LogP contribution is -2.49. The number of hydrogen-bond acceptors (Lipinski definition) is 5. The van der Waals surface area contributed by atoms with E-state index in [1.165, 1.54) is 11.1 Å². The van der Waals surface area contributed by atoms with E-state index < -0.39 is 0 Å². The van der Waals surface area contributed by atoms with Gasteiger partial charge in [-0.2, -0.15) is 0 Å². The van der Waals surface area contributed by atoms with Gasteiger partial charge in [0.1, 0.15) is 0 Å². The Kier molecular flexibility index (Phi) is 5.78. The Bertz CT molecular complexity index is 814. The maximum absolute atomic E-state index is 12.2. The lowest BCUT2D eigenvalue weighted by atomic mass is 10.1. The number of benzene rings is 2. The molecule has 28 heavy (non-hydrogen) atoms. The van der Waals surface area contributed by atoms with Gasteiger partial charge in [-0.05, 0) is 30.2 Å². The molecular weight excluding hydrogens is 354 g/mol. The summed E-state index contributed by atoms with van der Waals surface area (Å²) in [6, 6.07) is 14.4. The van der Waals surface area contributed by atoms with Crippen LogP contribution in [0.2, 0.25) is 0 Å². The van der Waals surface area contributed by atoms with E-state index in [0.29, 0.717) is 19.9 Å². The van der Waals surface area contributed by atoms with Crippen LogP contribution in [0.5, 0.6) is 11.5 Å². The van der Waals surface area contributed by atoms with E-state index in [0.717, 1.165) is 49.8 Å². The summed E-state index contributed by atoms with van der Waals surface area (Å²) in [6.45, 7) is 8.04. The molecule has 0 radical (unpaired) electrons. The summed E-state index contributed by atoms with van der Waals surface area (Å²) in [7, 11) is 0. The lowest BCUT2D eigenvalue weighted by molar-refractivity contribution is -0.122. The molecule has 2 heterocycles. The third kappa shape index (κ3) is 4.82. The zero-order valence-electron chi connectivity index (χ0n) is 16.3. The number of carbonyl (C=O) groups excluding carboxylic acids is 1. The third-order valence-electron chi connectivity index (χ3n) is 5.29. The number of carbonyl (C=O) groups is 1. The van der Waals surface area contributed by atoms with Crippen LogP contribution in [0.3, 0.4) is 0 Å². The van der Waals surface area contributed by atoms with Crippen molar-refractivity contribution in [3.8, 4) is 11.5 Å². The minimum Gasteiger partial charge on any atom is -0.454 e. The Balaban J connectivity index is 1.18. The van der Waals surface area contributed by atoms with Crippen molar-refractivity contribution >= 4 is 5.91 Å². The molecule has 0 aromatic heterocycles. The Hall–Kier alpha value is -2.57. The summed E-state index contributed by atoms with van der Waals surface area (Å²) in [5.74, 6) is 1.75. The quantitative estimate of drug-likeness (QED) is 0.831. The number of nitrogens with zero attached hydrogens (tertiary/aromatic N) is 2. The Morgan fingerprint density at radius 1 is 0.929 bits per heavy atom. The molecule has 2 aliphatic rings. The van der Waals surface area contributed by atoms with Gasteiger partial charge in [0, 0.05) is 39.3 Å². The third-order valence-corrected chi connectivity index (χ3v) is 5.29. The Labute approximate surface area is 166 Å². The molecule has 148 valence electrons. The van der Waals surface area contributed by atoms with Crippen molar-refractivity contribution in [3.05, 3.63) is 59.2 Å². The van der Waals surface area contributed by atoms with Crippen LogP contribution in [0.25, 0.3) is 0 Å². The van der Waals surface area contributed by atoms with Crippen molar-refractivity contribution in [2.24, 2.45) is 0 Å². The molecule has 1 N–H and O–H groups in total. The number of ether oxygens (including phenoxy) is 2. The highest BCUT2D eigenvalue weighted by atomic mass is 16.7. The largest absolute Gasteiger partial charge is 0.454 e. The van der Waals surface area contributed by atoms with E-state index in [-0.39, 0.29) is 5.91 Å². The summed E-state index contributed by atoms with van der Waals surface area (Å²) >= 11 is 0. The molecule has 0 bridgehead atoms. The maximum Gasteiger partial charge on any atom is 0.234 e. The zero-order chi connectivity index (χ0) is 19.3. The molecule has 0 aliphatic carbocycles. The van der Waals surface area contributed by atoms with Crippen LogP contribution in [0, 0.1) is 6.92 Å². The lowest BCUT2D eigenvalue weighted by Gasteiger charge is -2.34. The molecule has 2 aliphatic heterocycles. The average Bonchev–Trinajstić information content (AvgIpc) is 3.17. The van der Waals surface area contributed by atoms with Crippen LogP contribution >= 0.6 is 0 Å². The monoisotopic (exact) mass is 381 g/mol. The topological polar surface area (TPSA) is 54.0 Å². The normalized spacial score (nSPS) is 16.9. The summed E-state index contributed by atoms with van der Waals surface area (Å²) in [4.78, 5) is 16.9. The van der Waals surface area contributed by atoms with Gasteiger partial charge in [-0.25, -0.2) is 0 Å². The number of aryl methyl sites for hydroxylation is 1. The summed E-state index contributed by atoms with van der Waals surface area (Å²) in [6.07, 6.45) is 0. The summed E-state index contributed by atoms with van der Waals surface area (Å²) in [5, 5.41) is 3.02. The molecule has 4 rings (SSSR count). The number of nitrogens with one attached hydrogen (secondary N) is 1. The predicted octanol–water partition coefficient (Wildman–Crippen LogP) is 2.16. The highest BCUT2D eigenvalue weighted by Gasteiger charge is 2.20. The number of piperazine rings is 1. The second kappa shape index (κ2) is 8.63. The molecule has 1 amide bonds. The van der Waals surface area contributed by atoms with E-state index in [4.69, 9.17) is 9.47 Å². The fourth-order valence-corrected chi connectivity index (χ4v) is 3.57. The van der Waals surface area contributed by atoms with Crippen molar-refractivity contribution in [3.63, 3.8) is 0 Å². The maximum atomic E-state index is 12.2. The predicted molar refractivity (Wildman–Crippen MR) is 107 cm³/mol. The second-order valence-electron chi connectivity index (χ2n) is 7.50. The molecule has 0 atom stereocenters. The second-order valence-corrected chi connectivity index (χ2v) is 7.50. The average molecular weight is 381 g/mol. The van der Waals surface area contributed by atoms with Crippen molar-refractivity contribution in [2.75, 3.05) is 39.5 Å². The standard InChI is InChI=1S/C22H27N3O3/c1-17-2-4-18(5-3-17)13-23-22(26)15-25-10-8-24(9-11-25)14-19-6-7-20-21(12-19)28-16-27-20/h2-7,12H,8-11,13-16H2,1H3,(H,23,26). The molecular formula is C22H27N3O3. The zero-order valence-corrected chi connectivity index (χ0v) is 16.3. The van der Waals surface area contributed by atoms with Crippen LogP contribution in [-0.2, 0) is 17.9 Å². The van der Waals surface area contributed by atoms with Gasteiger partial charge in [-0.1, -0.05) is 35.9 Å². The number of hydrogen-bond donors (Lipinski definition) is 1. The molecule has 0 unspecified atom stereocenters. The van der Waals surface area contributed by atoms with Gasteiger partial charge in [0.25, 0.3) is 0 Å². The van der Waals surface area contributed by atoms with Gasteiger partial charge >= 0.3 is 0 Å². The molecule has 0 spiro atoms. The van der Waals surface area contributed by atoms with Crippen molar-refractivity contribution in [1.29, 1.82) is 0 Å². The van der Waals surface area contributed by atoms with Crippen molar-refractivity contribution in [1.82, 2.24) is 15.1 Å². The molecule has 1 saturated heterocycles. The first-order valence-corrected chi connectivity index (χ1v) is 9.81. The fraction of sp³-hybridized carbons (Fsp3) is 0.409. The van der Waals surface area contributed by atoms with E-state index in [2.05, 4.69) is 58.4 Å². The highest BCUT2D eigenvalue weighted by molar-refractivity contribution is 5.78. The Morgan fingerprint density at radius 3 is 2.39 bits per heavy atom. The number of fused-ring (bicyclic) bond motifs is 1. The van der Waals surface area contributed by atoms with Gasteiger partial charge < -0.3 is 14.8 Å². The van der Waals surface area contributed by atoms with E-state index in [9.17, 15) is 4.79 Å². The van der Waals surface area contributed by atoms with Gasteiger partial charge in [0.05, 0.1) is 6.54 Å². The smallest absolute Gasteiger partial charge is 0.234 e. The minimum absolute atomic E-state index is 0.0878.